The molecule has 0 aliphatic heterocycles. The van der Waals surface area contributed by atoms with E-state index in [2.05, 4.69) is 10.4 Å². The molecule has 3 heterocycles. The van der Waals surface area contributed by atoms with Gasteiger partial charge in [0.2, 0.25) is 0 Å². The van der Waals surface area contributed by atoms with Gasteiger partial charge in [0, 0.05) is 5.39 Å². The molecule has 0 saturated carbocycles. The SMILES string of the molecule is CCOC(=O)c1cnn(-c2cc(C)c3cccc(C)c3n2)c1NC(=O)c1cccs1. The average Bonchev–Trinajstić information content (AvgIpc) is 3.39. The fraction of sp³-hybridized carbons (Fsp3) is 0.182. The third kappa shape index (κ3) is 3.57. The van der Waals surface area contributed by atoms with Crippen LogP contribution < -0.4 is 5.32 Å². The summed E-state index contributed by atoms with van der Waals surface area (Å²) in [5.41, 5.74) is 3.06. The molecule has 0 saturated heterocycles. The van der Waals surface area contributed by atoms with E-state index < -0.39 is 5.97 Å². The zero-order valence-corrected chi connectivity index (χ0v) is 17.6. The van der Waals surface area contributed by atoms with Gasteiger partial charge in [-0.2, -0.15) is 9.78 Å². The largest absolute Gasteiger partial charge is 0.462 e. The quantitative estimate of drug-likeness (QED) is 0.480. The topological polar surface area (TPSA) is 86.1 Å². The minimum absolute atomic E-state index is 0.172. The summed E-state index contributed by atoms with van der Waals surface area (Å²) in [5.74, 6) is -0.150. The van der Waals surface area contributed by atoms with Crippen molar-refractivity contribution in [2.45, 2.75) is 20.8 Å². The number of para-hydroxylation sites is 1. The van der Waals surface area contributed by atoms with E-state index in [0.29, 0.717) is 10.7 Å². The lowest BCUT2D eigenvalue weighted by molar-refractivity contribution is 0.0527. The summed E-state index contributed by atoms with van der Waals surface area (Å²) < 4.78 is 6.61. The van der Waals surface area contributed by atoms with Gasteiger partial charge in [-0.15, -0.1) is 11.3 Å². The van der Waals surface area contributed by atoms with Gasteiger partial charge < -0.3 is 10.1 Å². The fourth-order valence-corrected chi connectivity index (χ4v) is 3.85. The van der Waals surface area contributed by atoms with Crippen molar-refractivity contribution >= 4 is 39.9 Å². The first-order chi connectivity index (χ1) is 14.5. The molecular formula is C22H20N4O3S. The van der Waals surface area contributed by atoms with Gasteiger partial charge in [0.1, 0.15) is 5.56 Å². The van der Waals surface area contributed by atoms with Crippen molar-refractivity contribution in [2.75, 3.05) is 11.9 Å². The second-order valence-corrected chi connectivity index (χ2v) is 7.69. The van der Waals surface area contributed by atoms with Crippen molar-refractivity contribution in [3.8, 4) is 5.82 Å². The van der Waals surface area contributed by atoms with Crippen LogP contribution in [0.2, 0.25) is 0 Å². The summed E-state index contributed by atoms with van der Waals surface area (Å²) in [6.45, 7) is 5.93. The summed E-state index contributed by atoms with van der Waals surface area (Å²) in [5, 5.41) is 10.0. The molecular weight excluding hydrogens is 400 g/mol. The van der Waals surface area contributed by atoms with Gasteiger partial charge in [-0.05, 0) is 49.4 Å². The molecule has 0 aliphatic carbocycles. The Kier molecular flexibility index (Phi) is 5.33. The number of aryl methyl sites for hydroxylation is 2. The van der Waals surface area contributed by atoms with E-state index >= 15 is 0 Å². The highest BCUT2D eigenvalue weighted by Crippen LogP contribution is 2.26. The van der Waals surface area contributed by atoms with Gasteiger partial charge in [-0.3, -0.25) is 4.79 Å². The predicted molar refractivity (Wildman–Crippen MR) is 117 cm³/mol. The third-order valence-electron chi connectivity index (χ3n) is 4.69. The van der Waals surface area contributed by atoms with Crippen LogP contribution in [0.1, 0.15) is 38.1 Å². The van der Waals surface area contributed by atoms with Crippen LogP contribution in [0.25, 0.3) is 16.7 Å². The molecule has 1 amide bonds. The molecule has 0 bridgehead atoms. The molecule has 0 aliphatic rings. The van der Waals surface area contributed by atoms with Crippen LogP contribution in [0.3, 0.4) is 0 Å². The van der Waals surface area contributed by atoms with E-state index in [1.807, 2.05) is 43.5 Å². The Labute approximate surface area is 177 Å². The molecule has 0 fully saturated rings. The molecule has 4 aromatic rings. The van der Waals surface area contributed by atoms with Crippen LogP contribution in [0.15, 0.2) is 48.0 Å². The number of nitrogens with zero attached hydrogens (tertiary/aromatic N) is 3. The first-order valence-corrected chi connectivity index (χ1v) is 10.3. The first kappa shape index (κ1) is 19.8. The number of hydrogen-bond acceptors (Lipinski definition) is 6. The molecule has 0 radical (unpaired) electrons. The summed E-state index contributed by atoms with van der Waals surface area (Å²) >= 11 is 1.31. The number of hydrogen-bond donors (Lipinski definition) is 1. The molecule has 7 nitrogen and oxygen atoms in total. The number of thiophene rings is 1. The number of benzene rings is 1. The maximum Gasteiger partial charge on any atom is 0.343 e. The second-order valence-electron chi connectivity index (χ2n) is 6.74. The second kappa shape index (κ2) is 8.08. The Balaban J connectivity index is 1.85. The number of esters is 1. The Morgan fingerprint density at radius 2 is 2.00 bits per heavy atom. The van der Waals surface area contributed by atoms with Gasteiger partial charge in [-0.1, -0.05) is 24.3 Å². The molecule has 1 aromatic carbocycles. The minimum atomic E-state index is -0.557. The zero-order chi connectivity index (χ0) is 21.3. The van der Waals surface area contributed by atoms with Gasteiger partial charge in [0.25, 0.3) is 5.91 Å². The summed E-state index contributed by atoms with van der Waals surface area (Å²) in [7, 11) is 0. The molecule has 0 atom stereocenters. The number of amides is 1. The Morgan fingerprint density at radius 1 is 1.17 bits per heavy atom. The number of anilines is 1. The smallest absolute Gasteiger partial charge is 0.343 e. The minimum Gasteiger partial charge on any atom is -0.462 e. The van der Waals surface area contributed by atoms with E-state index in [1.165, 1.54) is 22.2 Å². The van der Waals surface area contributed by atoms with Crippen molar-refractivity contribution in [3.63, 3.8) is 0 Å². The number of carbonyl (C=O) groups excluding carboxylic acids is 2. The molecule has 4 rings (SSSR count). The number of fused-ring (bicyclic) bond motifs is 1. The highest BCUT2D eigenvalue weighted by Gasteiger charge is 2.23. The summed E-state index contributed by atoms with van der Waals surface area (Å²) in [6.07, 6.45) is 1.39. The number of rotatable bonds is 5. The lowest BCUT2D eigenvalue weighted by atomic mass is 10.1. The zero-order valence-electron chi connectivity index (χ0n) is 16.8. The Hall–Kier alpha value is -3.52. The van der Waals surface area contributed by atoms with Crippen molar-refractivity contribution in [2.24, 2.45) is 0 Å². The van der Waals surface area contributed by atoms with Gasteiger partial charge in [-0.25, -0.2) is 9.78 Å². The van der Waals surface area contributed by atoms with E-state index in [-0.39, 0.29) is 23.9 Å². The lowest BCUT2D eigenvalue weighted by Crippen LogP contribution is -2.17. The fourth-order valence-electron chi connectivity index (χ4n) is 3.23. The number of pyridine rings is 1. The van der Waals surface area contributed by atoms with Crippen molar-refractivity contribution in [3.05, 3.63) is 69.5 Å². The molecule has 152 valence electrons. The Bertz CT molecular complexity index is 1240. The molecule has 8 heteroatoms. The van der Waals surface area contributed by atoms with Crippen LogP contribution in [0, 0.1) is 13.8 Å². The maximum atomic E-state index is 12.7. The number of ether oxygens (including phenoxy) is 1. The lowest BCUT2D eigenvalue weighted by Gasteiger charge is -2.12. The van der Waals surface area contributed by atoms with Crippen molar-refractivity contribution in [1.29, 1.82) is 0 Å². The molecule has 0 unspecified atom stereocenters. The highest BCUT2D eigenvalue weighted by atomic mass is 32.1. The standard InChI is InChI=1S/C22H20N4O3S/c1-4-29-22(28)16-12-23-26(20(16)25-21(27)17-9-6-10-30-17)18-11-14(3)15-8-5-7-13(2)19(15)24-18/h5-12H,4H2,1-3H3,(H,25,27). The maximum absolute atomic E-state index is 12.7. The van der Waals surface area contributed by atoms with Crippen LogP contribution >= 0.6 is 11.3 Å². The average molecular weight is 420 g/mol. The van der Waals surface area contributed by atoms with Crippen molar-refractivity contribution < 1.29 is 14.3 Å². The number of carbonyl (C=O) groups is 2. The van der Waals surface area contributed by atoms with Gasteiger partial charge in [0.15, 0.2) is 11.6 Å². The third-order valence-corrected chi connectivity index (χ3v) is 5.56. The Morgan fingerprint density at radius 3 is 2.73 bits per heavy atom. The summed E-state index contributed by atoms with van der Waals surface area (Å²) in [6, 6.07) is 11.4. The predicted octanol–water partition coefficient (Wildman–Crippen LogP) is 4.53. The first-order valence-electron chi connectivity index (χ1n) is 9.47. The van der Waals surface area contributed by atoms with Crippen LogP contribution in [0.5, 0.6) is 0 Å². The molecule has 30 heavy (non-hydrogen) atoms. The van der Waals surface area contributed by atoms with Crippen LogP contribution in [-0.4, -0.2) is 33.2 Å². The molecule has 0 spiro atoms. The van der Waals surface area contributed by atoms with Crippen molar-refractivity contribution in [1.82, 2.24) is 14.8 Å². The summed E-state index contributed by atoms with van der Waals surface area (Å²) in [4.78, 5) is 30.5. The number of aromatic nitrogens is 3. The number of nitrogens with one attached hydrogen (secondary N) is 1. The van der Waals surface area contributed by atoms with E-state index in [4.69, 9.17) is 9.72 Å². The monoisotopic (exact) mass is 420 g/mol. The van der Waals surface area contributed by atoms with E-state index in [1.54, 1.807) is 19.1 Å². The van der Waals surface area contributed by atoms with Gasteiger partial charge >= 0.3 is 5.97 Å². The van der Waals surface area contributed by atoms with Gasteiger partial charge in [0.05, 0.1) is 23.2 Å². The molecule has 1 N–H and O–H groups in total. The van der Waals surface area contributed by atoms with E-state index in [0.717, 1.165) is 22.0 Å². The van der Waals surface area contributed by atoms with E-state index in [9.17, 15) is 9.59 Å². The van der Waals surface area contributed by atoms with Crippen LogP contribution in [-0.2, 0) is 4.74 Å². The molecule has 3 aromatic heterocycles. The van der Waals surface area contributed by atoms with Crippen LogP contribution in [0.4, 0.5) is 5.82 Å². The normalized spacial score (nSPS) is 10.9. The highest BCUT2D eigenvalue weighted by molar-refractivity contribution is 7.12.